The number of likely N-dealkylation sites (tertiary alicyclic amines) is 1. The van der Waals surface area contributed by atoms with E-state index in [0.717, 1.165) is 11.1 Å². The molecule has 0 aromatic heterocycles. The number of phenols is 1. The molecule has 1 saturated carbocycles. The average Bonchev–Trinajstić information content (AvgIpc) is 3.03. The number of Topliss-reactive ketones (excluding diaryl/α,β-unsaturated/α-hetero) is 1. The predicted octanol–water partition coefficient (Wildman–Crippen LogP) is 1.81. The summed E-state index contributed by atoms with van der Waals surface area (Å²) in [6.45, 7) is 6.30. The second kappa shape index (κ2) is 5.77. The first-order valence-corrected chi connectivity index (χ1v) is 10.7. The van der Waals surface area contributed by atoms with Crippen LogP contribution in [-0.4, -0.2) is 64.5 Å². The summed E-state index contributed by atoms with van der Waals surface area (Å²) in [5.74, 6) is 0.100. The van der Waals surface area contributed by atoms with Crippen molar-refractivity contribution in [1.29, 1.82) is 0 Å². The molecule has 2 bridgehead atoms. The largest absolute Gasteiger partial charge is 0.504 e. The van der Waals surface area contributed by atoms with Crippen LogP contribution in [0.2, 0.25) is 0 Å². The highest BCUT2D eigenvalue weighted by Gasteiger charge is 2.76. The number of hydrogen-bond acceptors (Lipinski definition) is 6. The number of quaternary nitrogens is 1. The number of likely N-dealkylation sites (N-methyl/N-ethyl adjacent to an activating group) is 1. The summed E-state index contributed by atoms with van der Waals surface area (Å²) >= 11 is 0. The number of nitrogens with zero attached hydrogens (tertiary/aromatic N) is 1. The molecule has 1 spiro atoms. The average molecular weight is 416 g/mol. The number of hydrogen-bond donors (Lipinski definition) is 2. The minimum Gasteiger partial charge on any atom is -0.504 e. The van der Waals surface area contributed by atoms with Gasteiger partial charge in [-0.1, -0.05) is 6.07 Å². The summed E-state index contributed by atoms with van der Waals surface area (Å²) in [6.07, 6.45) is 0.932. The van der Waals surface area contributed by atoms with E-state index in [1.165, 1.54) is 0 Å². The van der Waals surface area contributed by atoms with Gasteiger partial charge >= 0.3 is 5.97 Å². The molecule has 2 aliphatic carbocycles. The van der Waals surface area contributed by atoms with Gasteiger partial charge in [0, 0.05) is 24.8 Å². The van der Waals surface area contributed by atoms with Crippen LogP contribution in [0.1, 0.15) is 51.2 Å². The molecule has 7 heteroatoms. The monoisotopic (exact) mass is 416 g/mol. The SMILES string of the molecule is CC(C)(C)C(=O)OC[N+]1(C)CC[C@]23c4c5ccc(O)c4O[C@H]2C(=O)CC[C@@]3(O)C1C5. The Morgan fingerprint density at radius 2 is 2.07 bits per heavy atom. The number of ketones is 1. The Balaban J connectivity index is 1.61. The maximum Gasteiger partial charge on any atom is 0.315 e. The molecule has 7 nitrogen and oxygen atoms in total. The number of carbonyl (C=O) groups is 2. The Bertz CT molecular complexity index is 967. The quantitative estimate of drug-likeness (QED) is 0.564. The Morgan fingerprint density at radius 3 is 2.77 bits per heavy atom. The van der Waals surface area contributed by atoms with Crippen LogP contribution in [0.3, 0.4) is 0 Å². The normalized spacial score (nSPS) is 38.6. The predicted molar refractivity (Wildman–Crippen MR) is 107 cm³/mol. The van der Waals surface area contributed by atoms with E-state index in [4.69, 9.17) is 9.47 Å². The van der Waals surface area contributed by atoms with Crippen LogP contribution in [0.15, 0.2) is 12.1 Å². The van der Waals surface area contributed by atoms with Crippen molar-refractivity contribution < 1.29 is 33.8 Å². The second-order valence-electron chi connectivity index (χ2n) is 10.8. The van der Waals surface area contributed by atoms with Gasteiger partial charge in [0.05, 0.1) is 24.4 Å². The molecule has 5 atom stereocenters. The van der Waals surface area contributed by atoms with Gasteiger partial charge in [-0.15, -0.1) is 0 Å². The lowest BCUT2D eigenvalue weighted by molar-refractivity contribution is -0.963. The Labute approximate surface area is 176 Å². The van der Waals surface area contributed by atoms with E-state index in [2.05, 4.69) is 0 Å². The molecule has 2 heterocycles. The number of aromatic hydroxyl groups is 1. The molecule has 162 valence electrons. The zero-order chi connectivity index (χ0) is 21.7. The number of ether oxygens (including phenoxy) is 2. The molecule has 2 unspecified atom stereocenters. The van der Waals surface area contributed by atoms with E-state index in [1.807, 2.05) is 33.9 Å². The lowest BCUT2D eigenvalue weighted by atomic mass is 9.48. The molecule has 30 heavy (non-hydrogen) atoms. The number of rotatable bonds is 2. The fraction of sp³-hybridized carbons (Fsp3) is 0.652. The first-order valence-electron chi connectivity index (χ1n) is 10.7. The maximum absolute atomic E-state index is 12.9. The van der Waals surface area contributed by atoms with E-state index in [9.17, 15) is 19.8 Å². The topological polar surface area (TPSA) is 93.1 Å². The Morgan fingerprint density at radius 1 is 1.33 bits per heavy atom. The van der Waals surface area contributed by atoms with E-state index in [-0.39, 0.29) is 36.7 Å². The van der Waals surface area contributed by atoms with Crippen LogP contribution in [0.25, 0.3) is 0 Å². The summed E-state index contributed by atoms with van der Waals surface area (Å²) < 4.78 is 12.2. The third-order valence-corrected chi connectivity index (χ3v) is 8.01. The summed E-state index contributed by atoms with van der Waals surface area (Å²) in [7, 11) is 2.03. The standard InChI is InChI=1S/C23H29NO6/c1-21(2,3)20(27)29-12-24(4)10-9-22-17-13-5-6-14(25)18(17)30-19(22)15(26)7-8-23(22,28)16(24)11-13/h5-6,16,19,28H,7-12H2,1-4H3/p+1/t16?,19-,22-,23+,24?/m0/s1. The zero-order valence-corrected chi connectivity index (χ0v) is 18.0. The molecule has 2 N–H and O–H groups in total. The molecule has 2 fully saturated rings. The maximum atomic E-state index is 12.9. The minimum atomic E-state index is -1.17. The van der Waals surface area contributed by atoms with E-state index in [0.29, 0.717) is 36.0 Å². The van der Waals surface area contributed by atoms with Gasteiger partial charge in [-0.05, 0) is 38.8 Å². The van der Waals surface area contributed by atoms with Crippen molar-refractivity contribution in [2.75, 3.05) is 20.3 Å². The third-order valence-electron chi connectivity index (χ3n) is 8.01. The molecule has 1 saturated heterocycles. The van der Waals surface area contributed by atoms with Crippen LogP contribution in [0.5, 0.6) is 11.5 Å². The van der Waals surface area contributed by atoms with Crippen LogP contribution in [0.4, 0.5) is 0 Å². The minimum absolute atomic E-state index is 0.0165. The highest BCUT2D eigenvalue weighted by molar-refractivity contribution is 5.90. The molecule has 1 aromatic carbocycles. The van der Waals surface area contributed by atoms with Crippen molar-refractivity contribution in [3.05, 3.63) is 23.3 Å². The van der Waals surface area contributed by atoms with Gasteiger partial charge in [0.25, 0.3) is 0 Å². The number of phenolic OH excluding ortho intramolecular Hbond substituents is 1. The summed E-state index contributed by atoms with van der Waals surface area (Å²) in [5.41, 5.74) is -0.794. The van der Waals surface area contributed by atoms with Gasteiger partial charge < -0.3 is 19.7 Å². The van der Waals surface area contributed by atoms with Gasteiger partial charge in [-0.25, -0.2) is 0 Å². The summed E-state index contributed by atoms with van der Waals surface area (Å²) in [6, 6.07) is 3.25. The van der Waals surface area contributed by atoms with Crippen LogP contribution >= 0.6 is 0 Å². The molecule has 4 aliphatic rings. The third kappa shape index (κ3) is 2.22. The van der Waals surface area contributed by atoms with Gasteiger partial charge in [-0.3, -0.25) is 14.1 Å². The number of aliphatic hydroxyl groups is 1. The van der Waals surface area contributed by atoms with Crippen molar-refractivity contribution in [3.8, 4) is 11.5 Å². The van der Waals surface area contributed by atoms with Gasteiger partial charge in [0.15, 0.2) is 23.4 Å². The smallest absolute Gasteiger partial charge is 0.315 e. The highest BCUT2D eigenvalue weighted by atomic mass is 16.6. The number of piperidine rings is 1. The van der Waals surface area contributed by atoms with E-state index in [1.54, 1.807) is 6.07 Å². The lowest BCUT2D eigenvalue weighted by Gasteiger charge is -2.63. The van der Waals surface area contributed by atoms with E-state index < -0.39 is 22.5 Å². The van der Waals surface area contributed by atoms with Crippen molar-refractivity contribution >= 4 is 11.8 Å². The molecule has 0 radical (unpaired) electrons. The van der Waals surface area contributed by atoms with Crippen molar-refractivity contribution in [2.45, 2.75) is 69.6 Å². The van der Waals surface area contributed by atoms with Crippen molar-refractivity contribution in [3.63, 3.8) is 0 Å². The van der Waals surface area contributed by atoms with Gasteiger partial charge in [0.2, 0.25) is 6.73 Å². The fourth-order valence-corrected chi connectivity index (χ4v) is 6.41. The molecular weight excluding hydrogens is 386 g/mol. The fourth-order valence-electron chi connectivity index (χ4n) is 6.41. The first kappa shape index (κ1) is 19.8. The van der Waals surface area contributed by atoms with E-state index >= 15 is 0 Å². The first-order chi connectivity index (χ1) is 13.9. The summed E-state index contributed by atoms with van der Waals surface area (Å²) in [4.78, 5) is 25.3. The van der Waals surface area contributed by atoms with Crippen LogP contribution in [0, 0.1) is 5.41 Å². The van der Waals surface area contributed by atoms with Crippen LogP contribution in [-0.2, 0) is 26.2 Å². The van der Waals surface area contributed by atoms with Crippen molar-refractivity contribution in [1.82, 2.24) is 0 Å². The molecule has 1 aromatic rings. The summed E-state index contributed by atoms with van der Waals surface area (Å²) in [5, 5.41) is 22.6. The van der Waals surface area contributed by atoms with Crippen molar-refractivity contribution in [2.24, 2.45) is 5.41 Å². The molecule has 5 rings (SSSR count). The second-order valence-corrected chi connectivity index (χ2v) is 10.8. The Kier molecular flexibility index (Phi) is 3.81. The number of carbonyl (C=O) groups excluding carboxylic acids is 2. The molecular formula is C23H30NO6+. The zero-order valence-electron chi connectivity index (χ0n) is 18.0. The molecule has 0 amide bonds. The molecule has 2 aliphatic heterocycles. The number of esters is 1. The lowest BCUT2D eigenvalue weighted by Crippen LogP contribution is -2.81. The Hall–Kier alpha value is -2.12. The van der Waals surface area contributed by atoms with Crippen LogP contribution < -0.4 is 4.74 Å². The highest BCUT2D eigenvalue weighted by Crippen LogP contribution is 2.65. The van der Waals surface area contributed by atoms with Gasteiger partial charge in [-0.2, -0.15) is 0 Å². The number of benzene rings is 1. The van der Waals surface area contributed by atoms with Gasteiger partial charge in [0.1, 0.15) is 11.6 Å².